The maximum absolute atomic E-state index is 13.2. The van der Waals surface area contributed by atoms with Gasteiger partial charge in [-0.25, -0.2) is 4.79 Å². The summed E-state index contributed by atoms with van der Waals surface area (Å²) in [5.41, 5.74) is -0.111. The Bertz CT molecular complexity index is 759. The van der Waals surface area contributed by atoms with Crippen LogP contribution in [0, 0.1) is 5.92 Å². The second-order valence-electron chi connectivity index (χ2n) is 8.53. The highest BCUT2D eigenvalue weighted by Gasteiger charge is 2.29. The number of likely N-dealkylation sites (tertiary alicyclic amines) is 1. The highest BCUT2D eigenvalue weighted by atomic mass is 16.6. The highest BCUT2D eigenvalue weighted by molar-refractivity contribution is 5.98. The first-order chi connectivity index (χ1) is 14.1. The summed E-state index contributed by atoms with van der Waals surface area (Å²) in [4.78, 5) is 28.9. The van der Waals surface area contributed by atoms with Crippen LogP contribution in [0.1, 0.15) is 44.0 Å². The monoisotopic (exact) mass is 422 g/mol. The van der Waals surface area contributed by atoms with Gasteiger partial charge in [0.15, 0.2) is 11.5 Å². The van der Waals surface area contributed by atoms with Crippen molar-refractivity contribution in [1.29, 1.82) is 0 Å². The number of carbonyl (C=O) groups is 2. The number of rotatable bonds is 6. The molecule has 0 aliphatic carbocycles. The zero-order chi connectivity index (χ0) is 22.5. The molecule has 0 aromatic heterocycles. The van der Waals surface area contributed by atoms with Crippen LogP contribution in [0.2, 0.25) is 0 Å². The fourth-order valence-electron chi connectivity index (χ4n) is 3.57. The lowest BCUT2D eigenvalue weighted by atomic mass is 9.96. The van der Waals surface area contributed by atoms with E-state index in [2.05, 4.69) is 0 Å². The van der Waals surface area contributed by atoms with E-state index in [0.717, 1.165) is 12.8 Å². The fraction of sp³-hybridized carbons (Fsp3) is 0.636. The van der Waals surface area contributed by atoms with Crippen LogP contribution >= 0.6 is 0 Å². The van der Waals surface area contributed by atoms with E-state index in [1.165, 1.54) is 21.3 Å². The van der Waals surface area contributed by atoms with Crippen molar-refractivity contribution in [2.24, 2.45) is 5.92 Å². The van der Waals surface area contributed by atoms with Crippen LogP contribution < -0.4 is 14.2 Å². The van der Waals surface area contributed by atoms with Gasteiger partial charge in [-0.15, -0.1) is 0 Å². The Labute approximate surface area is 179 Å². The second-order valence-corrected chi connectivity index (χ2v) is 8.53. The topological polar surface area (TPSA) is 77.5 Å². The summed E-state index contributed by atoms with van der Waals surface area (Å²) >= 11 is 0. The number of carbonyl (C=O) groups excluding carboxylic acids is 2. The molecule has 2 rings (SSSR count). The Morgan fingerprint density at radius 3 is 2.23 bits per heavy atom. The fourth-order valence-corrected chi connectivity index (χ4v) is 3.57. The summed E-state index contributed by atoms with van der Waals surface area (Å²) in [7, 11) is 6.32. The average molecular weight is 423 g/mol. The Morgan fingerprint density at radius 1 is 1.07 bits per heavy atom. The molecule has 1 unspecified atom stereocenters. The van der Waals surface area contributed by atoms with Crippen LogP contribution in [0.4, 0.5) is 4.79 Å². The molecule has 8 heteroatoms. The standard InChI is InChI=1S/C22H34N2O6/c1-22(2,3)30-21(26)23(4)13-15-9-8-10-24(14-15)20(25)16-11-18(28-6)19(29-7)12-17(16)27-5/h11-12,15H,8-10,13-14H2,1-7H3. The largest absolute Gasteiger partial charge is 0.496 e. The Morgan fingerprint density at radius 2 is 1.67 bits per heavy atom. The van der Waals surface area contributed by atoms with E-state index in [1.807, 2.05) is 20.8 Å². The average Bonchev–Trinajstić information content (AvgIpc) is 2.71. The quantitative estimate of drug-likeness (QED) is 0.699. The lowest BCUT2D eigenvalue weighted by Crippen LogP contribution is -2.45. The van der Waals surface area contributed by atoms with E-state index < -0.39 is 5.60 Å². The minimum absolute atomic E-state index is 0.127. The molecule has 1 fully saturated rings. The van der Waals surface area contributed by atoms with Crippen LogP contribution in [0.3, 0.4) is 0 Å². The molecule has 168 valence electrons. The van der Waals surface area contributed by atoms with Crippen molar-refractivity contribution in [2.75, 3.05) is 48.0 Å². The maximum Gasteiger partial charge on any atom is 0.410 e. The Kier molecular flexibility index (Phi) is 7.81. The third-order valence-corrected chi connectivity index (χ3v) is 4.98. The molecular formula is C22H34N2O6. The van der Waals surface area contributed by atoms with Crippen molar-refractivity contribution >= 4 is 12.0 Å². The third kappa shape index (κ3) is 5.93. The molecular weight excluding hydrogens is 388 g/mol. The molecule has 0 spiro atoms. The molecule has 0 bridgehead atoms. The molecule has 0 N–H and O–H groups in total. The molecule has 1 atom stereocenters. The van der Waals surface area contributed by atoms with Crippen LogP contribution in [0.15, 0.2) is 12.1 Å². The SMILES string of the molecule is COc1cc(OC)c(C(=O)N2CCCC(CN(C)C(=O)OC(C)(C)C)C2)cc1OC. The first-order valence-electron chi connectivity index (χ1n) is 10.1. The molecule has 1 aromatic carbocycles. The van der Waals surface area contributed by atoms with E-state index in [0.29, 0.717) is 42.4 Å². The summed E-state index contributed by atoms with van der Waals surface area (Å²) in [5, 5.41) is 0. The summed E-state index contributed by atoms with van der Waals surface area (Å²) in [5.74, 6) is 1.45. The van der Waals surface area contributed by atoms with Crippen LogP contribution in [0.25, 0.3) is 0 Å². The number of piperidine rings is 1. The molecule has 2 amide bonds. The van der Waals surface area contributed by atoms with Crippen molar-refractivity contribution in [3.8, 4) is 17.2 Å². The van der Waals surface area contributed by atoms with E-state index in [1.54, 1.807) is 29.0 Å². The first kappa shape index (κ1) is 23.6. The van der Waals surface area contributed by atoms with Gasteiger partial charge in [-0.2, -0.15) is 0 Å². The summed E-state index contributed by atoms with van der Waals surface area (Å²) in [6, 6.07) is 3.31. The second kappa shape index (κ2) is 9.91. The van der Waals surface area contributed by atoms with Crippen molar-refractivity contribution in [1.82, 2.24) is 9.80 Å². The predicted octanol–water partition coefficient (Wildman–Crippen LogP) is 3.43. The zero-order valence-corrected chi connectivity index (χ0v) is 19.1. The minimum Gasteiger partial charge on any atom is -0.496 e. The maximum atomic E-state index is 13.2. The van der Waals surface area contributed by atoms with Crippen LogP contribution in [-0.4, -0.2) is 75.4 Å². The molecule has 1 heterocycles. The normalized spacial score (nSPS) is 16.6. The van der Waals surface area contributed by atoms with E-state index in [4.69, 9.17) is 18.9 Å². The summed E-state index contributed by atoms with van der Waals surface area (Å²) in [6.07, 6.45) is 1.46. The molecule has 30 heavy (non-hydrogen) atoms. The number of methoxy groups -OCH3 is 3. The number of amides is 2. The lowest BCUT2D eigenvalue weighted by molar-refractivity contribution is 0.0244. The smallest absolute Gasteiger partial charge is 0.410 e. The van der Waals surface area contributed by atoms with Crippen LogP contribution in [-0.2, 0) is 4.74 Å². The van der Waals surface area contributed by atoms with Gasteiger partial charge in [-0.05, 0) is 39.5 Å². The van der Waals surface area contributed by atoms with Gasteiger partial charge in [0, 0.05) is 38.8 Å². The van der Waals surface area contributed by atoms with Crippen molar-refractivity contribution in [2.45, 2.75) is 39.2 Å². The van der Waals surface area contributed by atoms with E-state index in [9.17, 15) is 9.59 Å². The number of hydrogen-bond acceptors (Lipinski definition) is 6. The van der Waals surface area contributed by atoms with Gasteiger partial charge in [0.1, 0.15) is 11.4 Å². The molecule has 1 saturated heterocycles. The minimum atomic E-state index is -0.538. The molecule has 0 saturated carbocycles. The Hall–Kier alpha value is -2.64. The van der Waals surface area contributed by atoms with Gasteiger partial charge in [-0.3, -0.25) is 4.79 Å². The van der Waals surface area contributed by atoms with Crippen molar-refractivity contribution in [3.63, 3.8) is 0 Å². The molecule has 1 aliphatic rings. The number of benzene rings is 1. The number of hydrogen-bond donors (Lipinski definition) is 0. The first-order valence-corrected chi connectivity index (χ1v) is 10.1. The summed E-state index contributed by atoms with van der Waals surface area (Å²) < 4.78 is 21.5. The molecule has 0 radical (unpaired) electrons. The van der Waals surface area contributed by atoms with Crippen molar-refractivity contribution in [3.05, 3.63) is 17.7 Å². The molecule has 8 nitrogen and oxygen atoms in total. The van der Waals surface area contributed by atoms with Crippen LogP contribution in [0.5, 0.6) is 17.2 Å². The van der Waals surface area contributed by atoms with Gasteiger partial charge >= 0.3 is 6.09 Å². The molecule has 1 aliphatic heterocycles. The summed E-state index contributed by atoms with van der Waals surface area (Å²) in [6.45, 7) is 7.27. The lowest BCUT2D eigenvalue weighted by Gasteiger charge is -2.35. The van der Waals surface area contributed by atoms with Gasteiger partial charge in [0.05, 0.1) is 26.9 Å². The van der Waals surface area contributed by atoms with Gasteiger partial charge in [-0.1, -0.05) is 0 Å². The van der Waals surface area contributed by atoms with E-state index in [-0.39, 0.29) is 17.9 Å². The van der Waals surface area contributed by atoms with Gasteiger partial charge in [0.25, 0.3) is 5.91 Å². The predicted molar refractivity (Wildman–Crippen MR) is 114 cm³/mol. The zero-order valence-electron chi connectivity index (χ0n) is 19.1. The Balaban J connectivity index is 2.11. The third-order valence-electron chi connectivity index (χ3n) is 4.98. The molecule has 1 aromatic rings. The van der Waals surface area contributed by atoms with Crippen molar-refractivity contribution < 1.29 is 28.5 Å². The number of ether oxygens (including phenoxy) is 4. The van der Waals surface area contributed by atoms with Gasteiger partial charge < -0.3 is 28.7 Å². The highest BCUT2D eigenvalue weighted by Crippen LogP contribution is 2.35. The van der Waals surface area contributed by atoms with E-state index >= 15 is 0 Å². The van der Waals surface area contributed by atoms with Gasteiger partial charge in [0.2, 0.25) is 0 Å². The number of nitrogens with zero attached hydrogens (tertiary/aromatic N) is 2.